The number of rotatable bonds is 2. The minimum absolute atomic E-state index is 0.146. The molecule has 3 nitrogen and oxygen atoms in total. The Morgan fingerprint density at radius 1 is 1.56 bits per heavy atom. The van der Waals surface area contributed by atoms with Gasteiger partial charge in [0.2, 0.25) is 0 Å². The van der Waals surface area contributed by atoms with Crippen LogP contribution in [0.2, 0.25) is 0 Å². The van der Waals surface area contributed by atoms with Crippen LogP contribution in [0.1, 0.15) is 44.0 Å². The Bertz CT molecular complexity index is 455. The summed E-state index contributed by atoms with van der Waals surface area (Å²) in [6.07, 6.45) is 2.16. The summed E-state index contributed by atoms with van der Waals surface area (Å²) in [7, 11) is 0. The van der Waals surface area contributed by atoms with Gasteiger partial charge >= 0.3 is 0 Å². The smallest absolute Gasteiger partial charge is 0.144 e. The lowest BCUT2D eigenvalue weighted by molar-refractivity contribution is 0.510. The average Bonchev–Trinajstić information content (AvgIpc) is 2.54. The van der Waals surface area contributed by atoms with E-state index < -0.39 is 0 Å². The van der Waals surface area contributed by atoms with E-state index in [9.17, 15) is 0 Å². The lowest BCUT2D eigenvalue weighted by Gasteiger charge is -2.18. The number of pyridine rings is 1. The normalized spacial score (nSPS) is 16.6. The predicted molar refractivity (Wildman–Crippen MR) is 64.5 cm³/mol. The number of nitriles is 1. The maximum atomic E-state index is 9.08. The molecule has 0 saturated carbocycles. The van der Waals surface area contributed by atoms with Gasteiger partial charge in [0.15, 0.2) is 0 Å². The molecule has 1 heterocycles. The molecule has 0 fully saturated rings. The summed E-state index contributed by atoms with van der Waals surface area (Å²) in [4.78, 5) is 4.63. The number of fused-ring (bicyclic) bond motifs is 1. The molecule has 16 heavy (non-hydrogen) atoms. The molecule has 2 rings (SSSR count). The van der Waals surface area contributed by atoms with Crippen LogP contribution in [0.25, 0.3) is 0 Å². The molecule has 0 atom stereocenters. The quantitative estimate of drug-likeness (QED) is 0.825. The van der Waals surface area contributed by atoms with Crippen molar-refractivity contribution in [2.45, 2.75) is 39.0 Å². The molecule has 1 N–H and O–H groups in total. The maximum absolute atomic E-state index is 9.08. The van der Waals surface area contributed by atoms with Crippen molar-refractivity contribution in [3.63, 3.8) is 0 Å². The Kier molecular flexibility index (Phi) is 2.59. The van der Waals surface area contributed by atoms with Crippen molar-refractivity contribution in [2.24, 2.45) is 0 Å². The van der Waals surface area contributed by atoms with Gasteiger partial charge in [-0.15, -0.1) is 0 Å². The highest BCUT2D eigenvalue weighted by Gasteiger charge is 2.32. The standard InChI is InChI=1S/C13H17N3/c1-4-15-12-10(8-14)7-9-5-6-13(2,3)11(9)16-12/h7H,4-6H2,1-3H3,(H,15,16). The van der Waals surface area contributed by atoms with Crippen LogP contribution in [0.15, 0.2) is 6.07 Å². The first-order chi connectivity index (χ1) is 7.58. The minimum Gasteiger partial charge on any atom is -0.369 e. The van der Waals surface area contributed by atoms with Gasteiger partial charge < -0.3 is 5.32 Å². The van der Waals surface area contributed by atoms with E-state index in [1.807, 2.05) is 13.0 Å². The van der Waals surface area contributed by atoms with Gasteiger partial charge in [-0.3, -0.25) is 0 Å². The van der Waals surface area contributed by atoms with Crippen LogP contribution in [0.5, 0.6) is 0 Å². The number of nitrogens with one attached hydrogen (secondary N) is 1. The second-order valence-electron chi connectivity index (χ2n) is 4.92. The lowest BCUT2D eigenvalue weighted by atomic mass is 9.90. The number of anilines is 1. The highest BCUT2D eigenvalue weighted by atomic mass is 15.0. The molecule has 0 saturated heterocycles. The van der Waals surface area contributed by atoms with Crippen molar-refractivity contribution in [2.75, 3.05) is 11.9 Å². The molecule has 0 aliphatic heterocycles. The van der Waals surface area contributed by atoms with E-state index >= 15 is 0 Å². The first-order valence-electron chi connectivity index (χ1n) is 5.77. The SMILES string of the molecule is CCNc1nc2c(cc1C#N)CCC2(C)C. The Labute approximate surface area is 96.5 Å². The number of nitrogens with zero attached hydrogens (tertiary/aromatic N) is 2. The van der Waals surface area contributed by atoms with E-state index in [-0.39, 0.29) is 5.41 Å². The fourth-order valence-corrected chi connectivity index (χ4v) is 2.28. The fraction of sp³-hybridized carbons (Fsp3) is 0.538. The molecule has 0 amide bonds. The van der Waals surface area contributed by atoms with Crippen LogP contribution in [-0.2, 0) is 11.8 Å². The molecule has 1 aromatic rings. The number of hydrogen-bond acceptors (Lipinski definition) is 3. The van der Waals surface area contributed by atoms with Crippen molar-refractivity contribution in [1.82, 2.24) is 4.98 Å². The number of hydrogen-bond donors (Lipinski definition) is 1. The summed E-state index contributed by atoms with van der Waals surface area (Å²) in [6.45, 7) is 7.24. The third-order valence-electron chi connectivity index (χ3n) is 3.23. The van der Waals surface area contributed by atoms with Gasteiger partial charge in [0, 0.05) is 12.0 Å². The van der Waals surface area contributed by atoms with Crippen LogP contribution in [0.4, 0.5) is 5.82 Å². The van der Waals surface area contributed by atoms with Gasteiger partial charge in [-0.1, -0.05) is 13.8 Å². The number of aryl methyl sites for hydroxylation is 1. The predicted octanol–water partition coefficient (Wildman–Crippen LogP) is 2.61. The van der Waals surface area contributed by atoms with Crippen LogP contribution in [0.3, 0.4) is 0 Å². The molecule has 1 aliphatic rings. The highest BCUT2D eigenvalue weighted by molar-refractivity contribution is 5.56. The summed E-state index contributed by atoms with van der Waals surface area (Å²) in [5.41, 5.74) is 3.21. The third-order valence-corrected chi connectivity index (χ3v) is 3.23. The van der Waals surface area contributed by atoms with Crippen LogP contribution in [0, 0.1) is 11.3 Å². The van der Waals surface area contributed by atoms with E-state index in [1.54, 1.807) is 0 Å². The molecular formula is C13H17N3. The topological polar surface area (TPSA) is 48.7 Å². The van der Waals surface area contributed by atoms with Gasteiger partial charge in [0.05, 0.1) is 11.3 Å². The van der Waals surface area contributed by atoms with E-state index in [0.717, 1.165) is 30.9 Å². The summed E-state index contributed by atoms with van der Waals surface area (Å²) >= 11 is 0. The molecule has 0 spiro atoms. The molecule has 0 aromatic carbocycles. The zero-order chi connectivity index (χ0) is 11.8. The first kappa shape index (κ1) is 10.9. The molecule has 0 bridgehead atoms. The van der Waals surface area contributed by atoms with Gasteiger partial charge in [-0.2, -0.15) is 5.26 Å². The highest BCUT2D eigenvalue weighted by Crippen LogP contribution is 2.38. The van der Waals surface area contributed by atoms with E-state index in [4.69, 9.17) is 5.26 Å². The van der Waals surface area contributed by atoms with E-state index in [0.29, 0.717) is 5.56 Å². The minimum atomic E-state index is 0.146. The van der Waals surface area contributed by atoms with Gasteiger partial charge in [0.1, 0.15) is 11.9 Å². The maximum Gasteiger partial charge on any atom is 0.144 e. The third kappa shape index (κ3) is 1.65. The summed E-state index contributed by atoms with van der Waals surface area (Å²) in [6, 6.07) is 4.21. The zero-order valence-corrected chi connectivity index (χ0v) is 10.1. The molecule has 3 heteroatoms. The monoisotopic (exact) mass is 215 g/mol. The molecule has 84 valence electrons. The van der Waals surface area contributed by atoms with E-state index in [1.165, 1.54) is 5.56 Å². The van der Waals surface area contributed by atoms with Crippen molar-refractivity contribution in [3.8, 4) is 6.07 Å². The second kappa shape index (κ2) is 3.79. The molecule has 0 radical (unpaired) electrons. The van der Waals surface area contributed by atoms with Crippen LogP contribution < -0.4 is 5.32 Å². The molecule has 1 aliphatic carbocycles. The van der Waals surface area contributed by atoms with Crippen molar-refractivity contribution < 1.29 is 0 Å². The summed E-state index contributed by atoms with van der Waals surface area (Å²) in [5.74, 6) is 0.735. The number of aromatic nitrogens is 1. The Morgan fingerprint density at radius 2 is 2.31 bits per heavy atom. The average molecular weight is 215 g/mol. The van der Waals surface area contributed by atoms with Crippen molar-refractivity contribution >= 4 is 5.82 Å². The Hall–Kier alpha value is -1.56. The van der Waals surface area contributed by atoms with Crippen molar-refractivity contribution in [1.29, 1.82) is 5.26 Å². The van der Waals surface area contributed by atoms with Crippen LogP contribution in [-0.4, -0.2) is 11.5 Å². The van der Waals surface area contributed by atoms with Crippen LogP contribution >= 0.6 is 0 Å². The zero-order valence-electron chi connectivity index (χ0n) is 10.1. The molecule has 0 unspecified atom stereocenters. The van der Waals surface area contributed by atoms with Gasteiger partial charge in [-0.25, -0.2) is 4.98 Å². The Balaban J connectivity index is 2.53. The first-order valence-corrected chi connectivity index (χ1v) is 5.77. The second-order valence-corrected chi connectivity index (χ2v) is 4.92. The summed E-state index contributed by atoms with van der Waals surface area (Å²) < 4.78 is 0. The van der Waals surface area contributed by atoms with Crippen molar-refractivity contribution in [3.05, 3.63) is 22.9 Å². The van der Waals surface area contributed by atoms with Gasteiger partial charge in [-0.05, 0) is 31.4 Å². The summed E-state index contributed by atoms with van der Waals surface area (Å²) in [5, 5.41) is 12.2. The molecule has 1 aromatic heterocycles. The van der Waals surface area contributed by atoms with Gasteiger partial charge in [0.25, 0.3) is 0 Å². The fourth-order valence-electron chi connectivity index (χ4n) is 2.28. The Morgan fingerprint density at radius 3 is 2.94 bits per heavy atom. The largest absolute Gasteiger partial charge is 0.369 e. The van der Waals surface area contributed by atoms with E-state index in [2.05, 4.69) is 30.2 Å². The lowest BCUT2D eigenvalue weighted by Crippen LogP contribution is -2.15. The molecular weight excluding hydrogens is 198 g/mol.